The van der Waals surface area contributed by atoms with Crippen LogP contribution in [0.1, 0.15) is 55.4 Å². The molecule has 16 heavy (non-hydrogen) atoms. The van der Waals surface area contributed by atoms with Crippen LogP contribution in [0, 0.1) is 11.8 Å². The average molecular weight is 230 g/mol. The van der Waals surface area contributed by atoms with Crippen LogP contribution in [0.2, 0.25) is 0 Å². The molecule has 0 heterocycles. The monoisotopic (exact) mass is 230 g/mol. The second kappa shape index (κ2) is 6.02. The molecule has 0 saturated carbocycles. The summed E-state index contributed by atoms with van der Waals surface area (Å²) < 4.78 is 11.7. The summed E-state index contributed by atoms with van der Waals surface area (Å²) in [4.78, 5) is 0. The molecule has 0 aromatic heterocycles. The van der Waals surface area contributed by atoms with E-state index in [2.05, 4.69) is 55.4 Å². The lowest BCUT2D eigenvalue weighted by Crippen LogP contribution is -2.31. The van der Waals surface area contributed by atoms with E-state index in [9.17, 15) is 0 Å². The van der Waals surface area contributed by atoms with Crippen molar-refractivity contribution >= 4 is 0 Å². The SMILES string of the molecule is CC(C)C(COC(C)(C)C)COC(C)(C)C. The van der Waals surface area contributed by atoms with Crippen molar-refractivity contribution < 1.29 is 9.47 Å². The Morgan fingerprint density at radius 2 is 1.06 bits per heavy atom. The molecule has 0 saturated heterocycles. The van der Waals surface area contributed by atoms with E-state index >= 15 is 0 Å². The molecule has 0 N–H and O–H groups in total. The first-order valence-corrected chi connectivity index (χ1v) is 6.29. The van der Waals surface area contributed by atoms with E-state index in [-0.39, 0.29) is 11.2 Å². The fourth-order valence-electron chi connectivity index (χ4n) is 1.15. The number of rotatable bonds is 5. The molecular weight excluding hydrogens is 200 g/mol. The highest BCUT2D eigenvalue weighted by Gasteiger charge is 2.21. The van der Waals surface area contributed by atoms with Gasteiger partial charge in [0.2, 0.25) is 0 Å². The zero-order valence-electron chi connectivity index (χ0n) is 12.4. The van der Waals surface area contributed by atoms with Gasteiger partial charge in [-0.05, 0) is 47.5 Å². The van der Waals surface area contributed by atoms with E-state index in [0.717, 1.165) is 13.2 Å². The summed E-state index contributed by atoms with van der Waals surface area (Å²) in [6.45, 7) is 18.6. The van der Waals surface area contributed by atoms with Gasteiger partial charge in [0.15, 0.2) is 0 Å². The molecule has 2 nitrogen and oxygen atoms in total. The minimum Gasteiger partial charge on any atom is -0.375 e. The quantitative estimate of drug-likeness (QED) is 0.713. The van der Waals surface area contributed by atoms with E-state index in [1.54, 1.807) is 0 Å². The van der Waals surface area contributed by atoms with Gasteiger partial charge in [-0.2, -0.15) is 0 Å². The van der Waals surface area contributed by atoms with Gasteiger partial charge < -0.3 is 9.47 Å². The molecule has 0 aliphatic heterocycles. The Morgan fingerprint density at radius 3 is 1.25 bits per heavy atom. The van der Waals surface area contributed by atoms with E-state index in [4.69, 9.17) is 9.47 Å². The average Bonchev–Trinajstić information content (AvgIpc) is 1.98. The zero-order valence-corrected chi connectivity index (χ0v) is 12.4. The molecule has 0 radical (unpaired) electrons. The molecule has 0 aromatic rings. The third-order valence-electron chi connectivity index (χ3n) is 2.40. The Kier molecular flexibility index (Phi) is 5.99. The Hall–Kier alpha value is -0.0800. The molecular formula is C14H30O2. The molecule has 0 rings (SSSR count). The predicted octanol–water partition coefficient (Wildman–Crippen LogP) is 3.89. The van der Waals surface area contributed by atoms with Gasteiger partial charge >= 0.3 is 0 Å². The minimum atomic E-state index is -0.0606. The molecule has 0 amide bonds. The Labute approximate surface area is 102 Å². The van der Waals surface area contributed by atoms with Crippen LogP contribution in [0.3, 0.4) is 0 Å². The third-order valence-corrected chi connectivity index (χ3v) is 2.40. The van der Waals surface area contributed by atoms with Gasteiger partial charge in [0.05, 0.1) is 24.4 Å². The lowest BCUT2D eigenvalue weighted by molar-refractivity contribution is -0.0767. The van der Waals surface area contributed by atoms with E-state index in [0.29, 0.717) is 11.8 Å². The maximum Gasteiger partial charge on any atom is 0.0598 e. The molecule has 0 bridgehead atoms. The molecule has 0 unspecified atom stereocenters. The van der Waals surface area contributed by atoms with E-state index in [1.165, 1.54) is 0 Å². The van der Waals surface area contributed by atoms with Gasteiger partial charge in [0.1, 0.15) is 0 Å². The Bertz CT molecular complexity index is 166. The van der Waals surface area contributed by atoms with Gasteiger partial charge in [-0.3, -0.25) is 0 Å². The van der Waals surface area contributed by atoms with Gasteiger partial charge in [-0.15, -0.1) is 0 Å². The fourth-order valence-corrected chi connectivity index (χ4v) is 1.15. The summed E-state index contributed by atoms with van der Waals surface area (Å²) in [5.74, 6) is 1.06. The smallest absolute Gasteiger partial charge is 0.0598 e. The van der Waals surface area contributed by atoms with Crippen molar-refractivity contribution in [3.05, 3.63) is 0 Å². The fraction of sp³-hybridized carbons (Fsp3) is 1.00. The minimum absolute atomic E-state index is 0.0606. The number of hydrogen-bond acceptors (Lipinski definition) is 2. The summed E-state index contributed by atoms with van der Waals surface area (Å²) >= 11 is 0. The first-order chi connectivity index (χ1) is 7.01. The van der Waals surface area contributed by atoms with Crippen LogP contribution in [0.25, 0.3) is 0 Å². The van der Waals surface area contributed by atoms with Crippen molar-refractivity contribution in [3.8, 4) is 0 Å². The van der Waals surface area contributed by atoms with Crippen LogP contribution < -0.4 is 0 Å². The van der Waals surface area contributed by atoms with Crippen molar-refractivity contribution in [1.29, 1.82) is 0 Å². The number of hydrogen-bond donors (Lipinski definition) is 0. The standard InChI is InChI=1S/C14H30O2/c1-11(2)12(9-15-13(3,4)5)10-16-14(6,7)8/h11-12H,9-10H2,1-8H3. The van der Waals surface area contributed by atoms with E-state index < -0.39 is 0 Å². The van der Waals surface area contributed by atoms with Gasteiger partial charge in [0, 0.05) is 5.92 Å². The van der Waals surface area contributed by atoms with Crippen LogP contribution in [-0.4, -0.2) is 24.4 Å². The van der Waals surface area contributed by atoms with Crippen molar-refractivity contribution in [2.75, 3.05) is 13.2 Å². The van der Waals surface area contributed by atoms with Crippen molar-refractivity contribution in [2.24, 2.45) is 11.8 Å². The Balaban J connectivity index is 4.09. The molecule has 0 aromatic carbocycles. The zero-order chi connectivity index (χ0) is 13.0. The summed E-state index contributed by atoms with van der Waals surface area (Å²) in [5, 5.41) is 0. The summed E-state index contributed by atoms with van der Waals surface area (Å²) in [6, 6.07) is 0. The molecule has 0 fully saturated rings. The van der Waals surface area contributed by atoms with Crippen LogP contribution in [0.15, 0.2) is 0 Å². The maximum absolute atomic E-state index is 5.84. The topological polar surface area (TPSA) is 18.5 Å². The highest BCUT2D eigenvalue weighted by atomic mass is 16.5. The summed E-state index contributed by atoms with van der Waals surface area (Å²) in [5.41, 5.74) is -0.121. The predicted molar refractivity (Wildman–Crippen MR) is 69.7 cm³/mol. The molecule has 98 valence electrons. The molecule has 0 spiro atoms. The molecule has 0 aliphatic carbocycles. The van der Waals surface area contributed by atoms with Gasteiger partial charge in [0.25, 0.3) is 0 Å². The molecule has 0 atom stereocenters. The van der Waals surface area contributed by atoms with Crippen LogP contribution in [-0.2, 0) is 9.47 Å². The molecule has 2 heteroatoms. The summed E-state index contributed by atoms with van der Waals surface area (Å²) in [6.07, 6.45) is 0. The second-order valence-electron chi connectivity index (χ2n) is 6.85. The first kappa shape index (κ1) is 15.9. The van der Waals surface area contributed by atoms with Crippen molar-refractivity contribution in [3.63, 3.8) is 0 Å². The van der Waals surface area contributed by atoms with Gasteiger partial charge in [-0.1, -0.05) is 13.8 Å². The van der Waals surface area contributed by atoms with Gasteiger partial charge in [-0.25, -0.2) is 0 Å². The van der Waals surface area contributed by atoms with Crippen LogP contribution >= 0.6 is 0 Å². The lowest BCUT2D eigenvalue weighted by atomic mass is 9.97. The van der Waals surface area contributed by atoms with E-state index in [1.807, 2.05) is 0 Å². The lowest BCUT2D eigenvalue weighted by Gasteiger charge is -2.29. The largest absolute Gasteiger partial charge is 0.375 e. The second-order valence-corrected chi connectivity index (χ2v) is 6.85. The highest BCUT2D eigenvalue weighted by molar-refractivity contribution is 4.68. The first-order valence-electron chi connectivity index (χ1n) is 6.29. The maximum atomic E-state index is 5.84. The third kappa shape index (κ3) is 9.17. The summed E-state index contributed by atoms with van der Waals surface area (Å²) in [7, 11) is 0. The Morgan fingerprint density at radius 1 is 0.750 bits per heavy atom. The molecule has 0 aliphatic rings. The van der Waals surface area contributed by atoms with Crippen molar-refractivity contribution in [1.82, 2.24) is 0 Å². The highest BCUT2D eigenvalue weighted by Crippen LogP contribution is 2.19. The number of ether oxygens (including phenoxy) is 2. The normalized spacial score (nSPS) is 13.9. The van der Waals surface area contributed by atoms with Crippen molar-refractivity contribution in [2.45, 2.75) is 66.6 Å². The van der Waals surface area contributed by atoms with Crippen LogP contribution in [0.4, 0.5) is 0 Å². The van der Waals surface area contributed by atoms with Crippen LogP contribution in [0.5, 0.6) is 0 Å².